The van der Waals surface area contributed by atoms with Crippen LogP contribution in [0.5, 0.6) is 0 Å². The molecule has 1 aromatic rings. The molecule has 0 saturated carbocycles. The maximum absolute atomic E-state index is 11.8. The lowest BCUT2D eigenvalue weighted by Gasteiger charge is -2.12. The van der Waals surface area contributed by atoms with Gasteiger partial charge >= 0.3 is 5.97 Å². The molecular weight excluding hydrogens is 242 g/mol. The second-order valence-electron chi connectivity index (χ2n) is 3.40. The van der Waals surface area contributed by atoms with Crippen LogP contribution in [0.15, 0.2) is 30.3 Å². The second-order valence-corrected chi connectivity index (χ2v) is 5.61. The highest BCUT2D eigenvalue weighted by atomic mass is 32.2. The van der Waals surface area contributed by atoms with Crippen molar-refractivity contribution in [2.24, 2.45) is 0 Å². The van der Waals surface area contributed by atoms with Gasteiger partial charge < -0.3 is 5.11 Å². The third-order valence-electron chi connectivity index (χ3n) is 2.18. The van der Waals surface area contributed by atoms with Crippen molar-refractivity contribution in [3.63, 3.8) is 0 Å². The molecule has 0 aliphatic heterocycles. The molecule has 6 heteroatoms. The third kappa shape index (κ3) is 3.29. The number of rotatable bonds is 5. The molecule has 5 nitrogen and oxygen atoms in total. The molecule has 0 saturated heterocycles. The van der Waals surface area contributed by atoms with Crippen LogP contribution < -0.4 is 0 Å². The van der Waals surface area contributed by atoms with E-state index in [1.165, 1.54) is 12.1 Å². The Morgan fingerprint density at radius 3 is 2.41 bits per heavy atom. The lowest BCUT2D eigenvalue weighted by Crippen LogP contribution is -2.24. The number of hydrogen-bond donors (Lipinski definition) is 1. The molecule has 0 aliphatic rings. The zero-order valence-electron chi connectivity index (χ0n) is 8.91. The first-order chi connectivity index (χ1) is 7.99. The molecule has 90 valence electrons. The number of carboxylic acid groups (broad SMARTS) is 1. The van der Waals surface area contributed by atoms with E-state index >= 15 is 0 Å². The molecule has 0 heterocycles. The van der Waals surface area contributed by atoms with Crippen molar-refractivity contribution in [2.45, 2.75) is 11.7 Å². The van der Waals surface area contributed by atoms with Crippen LogP contribution in [-0.2, 0) is 14.6 Å². The number of sulfone groups is 1. The van der Waals surface area contributed by atoms with Crippen molar-refractivity contribution >= 4 is 15.8 Å². The van der Waals surface area contributed by atoms with Gasteiger partial charge in [-0.05, 0) is 5.56 Å². The molecule has 1 N–H and O–H groups in total. The summed E-state index contributed by atoms with van der Waals surface area (Å²) in [6.07, 6.45) is -0.209. The minimum absolute atomic E-state index is 0.206. The molecule has 1 rings (SSSR count). The molecule has 1 aromatic carbocycles. The smallest absolute Gasteiger partial charge is 0.326 e. The van der Waals surface area contributed by atoms with E-state index < -0.39 is 26.8 Å². The maximum atomic E-state index is 11.8. The standard InChI is InChI=1S/C11H11NO4S/c12-7-4-8-17(15,16)10(11(13)14)9-5-2-1-3-6-9/h1-3,5-6,10H,4,8H2,(H,13,14). The average molecular weight is 253 g/mol. The Labute approximate surface area is 99.2 Å². The van der Waals surface area contributed by atoms with Crippen molar-refractivity contribution in [1.29, 1.82) is 5.26 Å². The van der Waals surface area contributed by atoms with Crippen LogP contribution in [-0.4, -0.2) is 25.2 Å². The zero-order chi connectivity index (χ0) is 12.9. The molecule has 0 radical (unpaired) electrons. The molecule has 0 fully saturated rings. The lowest BCUT2D eigenvalue weighted by atomic mass is 10.1. The van der Waals surface area contributed by atoms with E-state index in [1.54, 1.807) is 24.3 Å². The van der Waals surface area contributed by atoms with Gasteiger partial charge in [0.05, 0.1) is 11.8 Å². The van der Waals surface area contributed by atoms with E-state index in [4.69, 9.17) is 10.4 Å². The Morgan fingerprint density at radius 2 is 1.94 bits per heavy atom. The predicted molar refractivity (Wildman–Crippen MR) is 60.8 cm³/mol. The van der Waals surface area contributed by atoms with Gasteiger partial charge in [-0.2, -0.15) is 5.26 Å². The van der Waals surface area contributed by atoms with Gasteiger partial charge in [0.15, 0.2) is 15.1 Å². The Bertz CT molecular complexity index is 530. The van der Waals surface area contributed by atoms with Crippen molar-refractivity contribution in [2.75, 3.05) is 5.75 Å². The number of carboxylic acids is 1. The molecule has 0 spiro atoms. The van der Waals surface area contributed by atoms with Crippen LogP contribution in [0.1, 0.15) is 17.2 Å². The van der Waals surface area contributed by atoms with Crippen molar-refractivity contribution in [1.82, 2.24) is 0 Å². The number of hydrogen-bond acceptors (Lipinski definition) is 4. The molecule has 17 heavy (non-hydrogen) atoms. The normalized spacial score (nSPS) is 12.6. The van der Waals surface area contributed by atoms with E-state index in [1.807, 2.05) is 0 Å². The fraction of sp³-hybridized carbons (Fsp3) is 0.273. The minimum atomic E-state index is -3.86. The van der Waals surface area contributed by atoms with Gasteiger partial charge in [-0.15, -0.1) is 0 Å². The molecule has 0 amide bonds. The van der Waals surface area contributed by atoms with Crippen LogP contribution in [0, 0.1) is 11.3 Å². The zero-order valence-corrected chi connectivity index (χ0v) is 9.72. The van der Waals surface area contributed by atoms with Crippen molar-refractivity contribution < 1.29 is 18.3 Å². The van der Waals surface area contributed by atoms with Crippen molar-refractivity contribution in [3.8, 4) is 6.07 Å². The van der Waals surface area contributed by atoms with E-state index in [2.05, 4.69) is 0 Å². The SMILES string of the molecule is N#CCCS(=O)(=O)C(C(=O)O)c1ccccc1. The first-order valence-electron chi connectivity index (χ1n) is 4.85. The maximum Gasteiger partial charge on any atom is 0.326 e. The summed E-state index contributed by atoms with van der Waals surface area (Å²) in [5.74, 6) is -1.87. The largest absolute Gasteiger partial charge is 0.480 e. The highest BCUT2D eigenvalue weighted by Crippen LogP contribution is 2.23. The summed E-state index contributed by atoms with van der Waals surface area (Å²) in [6, 6.07) is 9.41. The van der Waals surface area contributed by atoms with Crippen LogP contribution >= 0.6 is 0 Å². The number of benzene rings is 1. The monoisotopic (exact) mass is 253 g/mol. The Hall–Kier alpha value is -1.87. The molecule has 0 bridgehead atoms. The average Bonchev–Trinajstić information content (AvgIpc) is 2.27. The highest BCUT2D eigenvalue weighted by Gasteiger charge is 2.33. The summed E-state index contributed by atoms with van der Waals surface area (Å²) in [4.78, 5) is 11.0. The van der Waals surface area contributed by atoms with Gasteiger partial charge in [0, 0.05) is 6.42 Å². The topological polar surface area (TPSA) is 95.2 Å². The summed E-state index contributed by atoms with van der Waals surface area (Å²) in [7, 11) is -3.86. The first kappa shape index (κ1) is 13.2. The Morgan fingerprint density at radius 1 is 1.35 bits per heavy atom. The third-order valence-corrected chi connectivity index (χ3v) is 4.15. The Kier molecular flexibility index (Phi) is 4.24. The summed E-state index contributed by atoms with van der Waals surface area (Å²) in [5, 5.41) is 15.8. The number of aliphatic carboxylic acids is 1. The highest BCUT2D eigenvalue weighted by molar-refractivity contribution is 7.92. The summed E-state index contributed by atoms with van der Waals surface area (Å²) >= 11 is 0. The van der Waals surface area contributed by atoms with Gasteiger partial charge in [-0.25, -0.2) is 8.42 Å². The molecule has 1 unspecified atom stereocenters. The number of nitrogens with zero attached hydrogens (tertiary/aromatic N) is 1. The van der Waals surface area contributed by atoms with Crippen LogP contribution in [0.3, 0.4) is 0 Å². The van der Waals surface area contributed by atoms with Gasteiger partial charge in [0.1, 0.15) is 0 Å². The number of nitriles is 1. The fourth-order valence-corrected chi connectivity index (χ4v) is 2.93. The summed E-state index contributed by atoms with van der Waals surface area (Å²) in [6.45, 7) is 0. The van der Waals surface area contributed by atoms with Crippen LogP contribution in [0.2, 0.25) is 0 Å². The Balaban J connectivity index is 3.12. The molecule has 0 aromatic heterocycles. The van der Waals surface area contributed by atoms with E-state index in [9.17, 15) is 13.2 Å². The van der Waals surface area contributed by atoms with Crippen LogP contribution in [0.25, 0.3) is 0 Å². The van der Waals surface area contributed by atoms with Crippen LogP contribution in [0.4, 0.5) is 0 Å². The number of carbonyl (C=O) groups is 1. The fourth-order valence-electron chi connectivity index (χ4n) is 1.44. The van der Waals surface area contributed by atoms with Gasteiger partial charge in [-0.1, -0.05) is 30.3 Å². The van der Waals surface area contributed by atoms with Gasteiger partial charge in [0.2, 0.25) is 0 Å². The first-order valence-corrected chi connectivity index (χ1v) is 6.57. The van der Waals surface area contributed by atoms with E-state index in [0.717, 1.165) is 0 Å². The van der Waals surface area contributed by atoms with Gasteiger partial charge in [-0.3, -0.25) is 4.79 Å². The van der Waals surface area contributed by atoms with E-state index in [0.29, 0.717) is 0 Å². The second kappa shape index (κ2) is 5.46. The quantitative estimate of drug-likeness (QED) is 0.849. The van der Waals surface area contributed by atoms with Crippen molar-refractivity contribution in [3.05, 3.63) is 35.9 Å². The predicted octanol–water partition coefficient (Wildman–Crippen LogP) is 1.14. The molecule has 1 atom stereocenters. The lowest BCUT2D eigenvalue weighted by molar-refractivity contribution is -0.136. The summed E-state index contributed by atoms with van der Waals surface area (Å²) < 4.78 is 23.6. The van der Waals surface area contributed by atoms with E-state index in [-0.39, 0.29) is 12.0 Å². The molecule has 0 aliphatic carbocycles. The molecular formula is C11H11NO4S. The minimum Gasteiger partial charge on any atom is -0.480 e. The summed E-state index contributed by atoms with van der Waals surface area (Å²) in [5.41, 5.74) is 0.206. The van der Waals surface area contributed by atoms with Gasteiger partial charge in [0.25, 0.3) is 0 Å².